The Morgan fingerprint density at radius 1 is 1.29 bits per heavy atom. The van der Waals surface area contributed by atoms with Crippen molar-refractivity contribution < 1.29 is 12.8 Å². The molecule has 3 rings (SSSR count). The number of halogens is 1. The Kier molecular flexibility index (Phi) is 3.54. The second-order valence-electron chi connectivity index (χ2n) is 5.09. The van der Waals surface area contributed by atoms with Crippen molar-refractivity contribution in [3.05, 3.63) is 54.6 Å². The molecule has 1 aliphatic rings. The van der Waals surface area contributed by atoms with Gasteiger partial charge < -0.3 is 4.57 Å². The molecule has 2 aromatic rings. The van der Waals surface area contributed by atoms with Gasteiger partial charge in [-0.3, -0.25) is 0 Å². The molecule has 5 nitrogen and oxygen atoms in total. The third kappa shape index (κ3) is 2.71. The molecule has 21 heavy (non-hydrogen) atoms. The maximum atomic E-state index is 12.9. The van der Waals surface area contributed by atoms with Crippen LogP contribution in [0.4, 0.5) is 4.39 Å². The van der Waals surface area contributed by atoms with Gasteiger partial charge in [-0.2, -0.15) is 4.31 Å². The Balaban J connectivity index is 1.79. The van der Waals surface area contributed by atoms with Crippen LogP contribution >= 0.6 is 0 Å². The molecule has 0 amide bonds. The van der Waals surface area contributed by atoms with Gasteiger partial charge in [0.05, 0.1) is 6.33 Å². The third-order valence-corrected chi connectivity index (χ3v) is 5.29. The Bertz CT molecular complexity index is 740. The van der Waals surface area contributed by atoms with E-state index >= 15 is 0 Å². The number of benzene rings is 1. The standard InChI is InChI=1S/C14H15FN3O2S/c1-17-9-14(16-10-17)21(19,20)18-7-6-12(8-18)11-2-4-13(15)5-3-11/h2-6,9-10,12H,7-8H2,1H3. The van der Waals surface area contributed by atoms with Crippen molar-refractivity contribution in [1.29, 1.82) is 0 Å². The van der Waals surface area contributed by atoms with Gasteiger partial charge in [0.2, 0.25) is 0 Å². The van der Waals surface area contributed by atoms with E-state index < -0.39 is 10.0 Å². The fraction of sp³-hybridized carbons (Fsp3) is 0.286. The number of imidazole rings is 1. The summed E-state index contributed by atoms with van der Waals surface area (Å²) in [6, 6.07) is 6.15. The van der Waals surface area contributed by atoms with Crippen molar-refractivity contribution in [1.82, 2.24) is 13.9 Å². The van der Waals surface area contributed by atoms with Crippen molar-refractivity contribution in [2.24, 2.45) is 7.05 Å². The highest BCUT2D eigenvalue weighted by Gasteiger charge is 2.34. The van der Waals surface area contributed by atoms with Gasteiger partial charge in [0.25, 0.3) is 10.0 Å². The zero-order valence-corrected chi connectivity index (χ0v) is 12.3. The molecule has 1 aliphatic heterocycles. The summed E-state index contributed by atoms with van der Waals surface area (Å²) < 4.78 is 40.8. The smallest absolute Gasteiger partial charge is 0.262 e. The fourth-order valence-electron chi connectivity index (χ4n) is 2.42. The van der Waals surface area contributed by atoms with E-state index in [-0.39, 0.29) is 16.8 Å². The highest BCUT2D eigenvalue weighted by atomic mass is 32.2. The summed E-state index contributed by atoms with van der Waals surface area (Å²) in [6.45, 7) is 0.686. The lowest BCUT2D eigenvalue weighted by molar-refractivity contribution is 0.472. The number of hydrogen-bond donors (Lipinski definition) is 0. The van der Waals surface area contributed by atoms with E-state index in [0.29, 0.717) is 13.1 Å². The highest BCUT2D eigenvalue weighted by molar-refractivity contribution is 7.89. The van der Waals surface area contributed by atoms with Crippen LogP contribution in [-0.2, 0) is 17.1 Å². The second kappa shape index (κ2) is 5.23. The SMILES string of the molecule is Cn1cnc(S(=O)(=O)N2C[CH]C(c3ccc(F)cc3)C2)c1. The Morgan fingerprint density at radius 2 is 2.00 bits per heavy atom. The van der Waals surface area contributed by atoms with Gasteiger partial charge in [0.15, 0.2) is 5.03 Å². The molecule has 1 saturated heterocycles. The van der Waals surface area contributed by atoms with E-state index in [1.54, 1.807) is 23.7 Å². The lowest BCUT2D eigenvalue weighted by atomic mass is 9.99. The molecule has 2 heterocycles. The summed E-state index contributed by atoms with van der Waals surface area (Å²) in [5.74, 6) is -0.321. The number of nitrogens with zero attached hydrogens (tertiary/aromatic N) is 3. The fourth-order valence-corrected chi connectivity index (χ4v) is 3.80. The largest absolute Gasteiger partial charge is 0.339 e. The van der Waals surface area contributed by atoms with Crippen LogP contribution in [-0.4, -0.2) is 35.4 Å². The second-order valence-corrected chi connectivity index (χ2v) is 6.98. The molecular formula is C14H15FN3O2S. The number of aromatic nitrogens is 2. The zero-order chi connectivity index (χ0) is 15.0. The minimum atomic E-state index is -3.57. The summed E-state index contributed by atoms with van der Waals surface area (Å²) in [4.78, 5) is 3.91. The summed E-state index contributed by atoms with van der Waals surface area (Å²) in [5, 5.41) is 0.0538. The summed E-state index contributed by atoms with van der Waals surface area (Å²) in [5.41, 5.74) is 0.912. The molecule has 7 heteroatoms. The molecule has 0 saturated carbocycles. The first-order chi connectivity index (χ1) is 9.96. The molecule has 1 fully saturated rings. The Morgan fingerprint density at radius 3 is 2.62 bits per heavy atom. The predicted octanol–water partition coefficient (Wildman–Crippen LogP) is 1.55. The van der Waals surface area contributed by atoms with Gasteiger partial charge in [0.1, 0.15) is 5.82 Å². The summed E-state index contributed by atoms with van der Waals surface area (Å²) >= 11 is 0. The molecule has 0 aliphatic carbocycles. The Labute approximate surface area is 123 Å². The van der Waals surface area contributed by atoms with Crippen molar-refractivity contribution in [3.63, 3.8) is 0 Å². The van der Waals surface area contributed by atoms with Crippen LogP contribution in [0.2, 0.25) is 0 Å². The monoisotopic (exact) mass is 308 g/mol. The molecule has 0 bridgehead atoms. The molecule has 0 N–H and O–H groups in total. The molecule has 1 unspecified atom stereocenters. The molecule has 111 valence electrons. The normalized spacial score (nSPS) is 20.0. The van der Waals surface area contributed by atoms with Crippen LogP contribution in [0.1, 0.15) is 11.5 Å². The zero-order valence-electron chi connectivity index (χ0n) is 11.5. The summed E-state index contributed by atoms with van der Waals surface area (Å²) in [6.07, 6.45) is 4.87. The van der Waals surface area contributed by atoms with Crippen LogP contribution in [0.3, 0.4) is 0 Å². The molecule has 0 spiro atoms. The van der Waals surface area contributed by atoms with E-state index in [1.165, 1.54) is 29.0 Å². The number of hydrogen-bond acceptors (Lipinski definition) is 3. The van der Waals surface area contributed by atoms with E-state index in [1.807, 2.05) is 6.42 Å². The maximum Gasteiger partial charge on any atom is 0.262 e. The van der Waals surface area contributed by atoms with E-state index in [4.69, 9.17) is 0 Å². The molecular weight excluding hydrogens is 293 g/mol. The van der Waals surface area contributed by atoms with Gasteiger partial charge in [-0.1, -0.05) is 12.1 Å². The first-order valence-electron chi connectivity index (χ1n) is 6.54. The topological polar surface area (TPSA) is 55.2 Å². The van der Waals surface area contributed by atoms with Crippen LogP contribution in [0.25, 0.3) is 0 Å². The molecule has 1 atom stereocenters. The average Bonchev–Trinajstić information content (AvgIpc) is 3.09. The predicted molar refractivity (Wildman–Crippen MR) is 75.4 cm³/mol. The summed E-state index contributed by atoms with van der Waals surface area (Å²) in [7, 11) is -1.85. The Hall–Kier alpha value is -1.73. The van der Waals surface area contributed by atoms with Crippen LogP contribution < -0.4 is 0 Å². The number of rotatable bonds is 3. The van der Waals surface area contributed by atoms with Crippen LogP contribution in [0, 0.1) is 12.2 Å². The van der Waals surface area contributed by atoms with Gasteiger partial charge in [-0.05, 0) is 24.1 Å². The van der Waals surface area contributed by atoms with Gasteiger partial charge in [-0.15, -0.1) is 0 Å². The third-order valence-electron chi connectivity index (χ3n) is 3.58. The molecule has 1 radical (unpaired) electrons. The molecule has 1 aromatic heterocycles. The number of sulfonamides is 1. The van der Waals surface area contributed by atoms with Gasteiger partial charge in [-0.25, -0.2) is 17.8 Å². The van der Waals surface area contributed by atoms with Crippen LogP contribution in [0.15, 0.2) is 41.8 Å². The van der Waals surface area contributed by atoms with Gasteiger partial charge in [0, 0.05) is 32.3 Å². The van der Waals surface area contributed by atoms with Crippen molar-refractivity contribution >= 4 is 10.0 Å². The minimum Gasteiger partial charge on any atom is -0.339 e. The number of aryl methyl sites for hydroxylation is 1. The quantitative estimate of drug-likeness (QED) is 0.864. The van der Waals surface area contributed by atoms with Crippen molar-refractivity contribution in [2.75, 3.05) is 13.1 Å². The van der Waals surface area contributed by atoms with E-state index in [0.717, 1.165) is 5.56 Å². The first-order valence-corrected chi connectivity index (χ1v) is 7.98. The van der Waals surface area contributed by atoms with Crippen molar-refractivity contribution in [2.45, 2.75) is 10.9 Å². The van der Waals surface area contributed by atoms with Crippen molar-refractivity contribution in [3.8, 4) is 0 Å². The lowest BCUT2D eigenvalue weighted by Crippen LogP contribution is -2.29. The first kappa shape index (κ1) is 14.2. The lowest BCUT2D eigenvalue weighted by Gasteiger charge is -2.15. The maximum absolute atomic E-state index is 12.9. The average molecular weight is 308 g/mol. The highest BCUT2D eigenvalue weighted by Crippen LogP contribution is 2.29. The van der Waals surface area contributed by atoms with Crippen LogP contribution in [0.5, 0.6) is 0 Å². The minimum absolute atomic E-state index is 0.0240. The molecule has 1 aromatic carbocycles. The van der Waals surface area contributed by atoms with E-state index in [9.17, 15) is 12.8 Å². The van der Waals surface area contributed by atoms with Gasteiger partial charge >= 0.3 is 0 Å². The van der Waals surface area contributed by atoms with E-state index in [2.05, 4.69) is 4.98 Å².